The summed E-state index contributed by atoms with van der Waals surface area (Å²) in [7, 11) is -3.74. The van der Waals surface area contributed by atoms with E-state index < -0.39 is 27.4 Å². The predicted molar refractivity (Wildman–Crippen MR) is 111 cm³/mol. The lowest BCUT2D eigenvalue weighted by Crippen LogP contribution is -2.43. The van der Waals surface area contributed by atoms with Crippen LogP contribution in [0, 0.1) is 0 Å². The van der Waals surface area contributed by atoms with Crippen molar-refractivity contribution in [3.05, 3.63) is 63.5 Å². The van der Waals surface area contributed by atoms with Gasteiger partial charge in [0, 0.05) is 36.4 Å². The van der Waals surface area contributed by atoms with Crippen molar-refractivity contribution in [3.63, 3.8) is 0 Å². The molecule has 0 bridgehead atoms. The number of rotatable bonds is 6. The molecule has 0 aliphatic heterocycles. The van der Waals surface area contributed by atoms with Gasteiger partial charge in [0.05, 0.1) is 4.90 Å². The number of benzene rings is 1. The summed E-state index contributed by atoms with van der Waals surface area (Å²) in [5.74, 6) is -1.57. The van der Waals surface area contributed by atoms with Crippen LogP contribution in [0.3, 0.4) is 0 Å². The summed E-state index contributed by atoms with van der Waals surface area (Å²) >= 11 is 1.24. The fraction of sp³-hybridized carbons (Fsp3) is 0.222. The molecule has 2 N–H and O–H groups in total. The van der Waals surface area contributed by atoms with Gasteiger partial charge >= 0.3 is 0 Å². The Morgan fingerprint density at radius 3 is 2.57 bits per heavy atom. The summed E-state index contributed by atoms with van der Waals surface area (Å²) in [5, 5.41) is 1.66. The Hall–Kier alpha value is -3.09. The second-order valence-corrected chi connectivity index (χ2v) is 8.87. The lowest BCUT2D eigenvalue weighted by molar-refractivity contribution is 0.0845. The summed E-state index contributed by atoms with van der Waals surface area (Å²) < 4.78 is 27.7. The molecule has 0 aliphatic carbocycles. The molecule has 10 nitrogen and oxygen atoms in total. The monoisotopic (exact) mass is 449 g/mol. The Morgan fingerprint density at radius 2 is 1.87 bits per heavy atom. The highest BCUT2D eigenvalue weighted by molar-refractivity contribution is 7.89. The van der Waals surface area contributed by atoms with E-state index >= 15 is 0 Å². The van der Waals surface area contributed by atoms with Crippen LogP contribution in [0.1, 0.15) is 34.6 Å². The van der Waals surface area contributed by atoms with Crippen molar-refractivity contribution >= 4 is 38.1 Å². The van der Waals surface area contributed by atoms with Crippen LogP contribution in [0.4, 0.5) is 0 Å². The summed E-state index contributed by atoms with van der Waals surface area (Å²) in [6.45, 7) is 4.03. The summed E-state index contributed by atoms with van der Waals surface area (Å²) in [6, 6.07) is 5.47. The molecular formula is C18H19N5O5S2. The molecule has 2 aromatic heterocycles. The number of amides is 2. The van der Waals surface area contributed by atoms with Crippen molar-refractivity contribution in [1.82, 2.24) is 24.5 Å². The minimum Gasteiger partial charge on any atom is -0.268 e. The van der Waals surface area contributed by atoms with Crippen molar-refractivity contribution in [1.29, 1.82) is 0 Å². The molecule has 1 aromatic carbocycles. The molecule has 0 fully saturated rings. The number of hydrazine groups is 1. The van der Waals surface area contributed by atoms with Gasteiger partial charge in [-0.3, -0.25) is 29.6 Å². The number of nitrogens with one attached hydrogen (secondary N) is 2. The molecule has 0 spiro atoms. The molecule has 0 atom stereocenters. The molecule has 0 saturated heterocycles. The number of carbonyl (C=O) groups is 2. The van der Waals surface area contributed by atoms with Crippen molar-refractivity contribution < 1.29 is 18.0 Å². The van der Waals surface area contributed by atoms with E-state index in [0.717, 1.165) is 6.20 Å². The second-order valence-electron chi connectivity index (χ2n) is 6.06. The smallest absolute Gasteiger partial charge is 0.268 e. The molecule has 3 aromatic rings. The van der Waals surface area contributed by atoms with Crippen LogP contribution in [-0.2, 0) is 10.0 Å². The Bertz CT molecular complexity index is 1260. The van der Waals surface area contributed by atoms with Gasteiger partial charge in [0.2, 0.25) is 10.0 Å². The maximum atomic E-state index is 12.6. The zero-order chi connectivity index (χ0) is 21.9. The van der Waals surface area contributed by atoms with Crippen LogP contribution in [-0.4, -0.2) is 47.0 Å². The number of nitrogens with zero attached hydrogens (tertiary/aromatic N) is 3. The molecule has 3 rings (SSSR count). The summed E-state index contributed by atoms with van der Waals surface area (Å²) in [4.78, 5) is 41.4. The lowest BCUT2D eigenvalue weighted by Gasteiger charge is -2.18. The number of hydrogen-bond acceptors (Lipinski definition) is 7. The van der Waals surface area contributed by atoms with E-state index in [1.165, 1.54) is 50.5 Å². The maximum absolute atomic E-state index is 12.6. The standard InChI is InChI=1S/C18H19N5O5S2/c1-3-22(4-2)30(27,28)13-7-5-6-12(10-13)15(24)20-21-16(25)14-11-19-18-23(17(14)26)8-9-29-18/h5-11H,3-4H2,1-2H3,(H,20,24)(H,21,25). The summed E-state index contributed by atoms with van der Waals surface area (Å²) in [5.41, 5.74) is 3.55. The number of thiazole rings is 1. The molecule has 0 aliphatic rings. The summed E-state index contributed by atoms with van der Waals surface area (Å²) in [6.07, 6.45) is 2.62. The van der Waals surface area contributed by atoms with Crippen LogP contribution in [0.15, 0.2) is 51.7 Å². The van der Waals surface area contributed by atoms with Gasteiger partial charge in [-0.05, 0) is 18.2 Å². The molecule has 2 heterocycles. The van der Waals surface area contributed by atoms with Gasteiger partial charge in [-0.15, -0.1) is 11.3 Å². The van der Waals surface area contributed by atoms with Gasteiger partial charge in [-0.2, -0.15) is 4.31 Å². The zero-order valence-corrected chi connectivity index (χ0v) is 17.8. The second kappa shape index (κ2) is 8.73. The minimum absolute atomic E-state index is 0.0319. The Morgan fingerprint density at radius 1 is 1.17 bits per heavy atom. The van der Waals surface area contributed by atoms with Crippen LogP contribution in [0.5, 0.6) is 0 Å². The normalized spacial score (nSPS) is 11.6. The SMILES string of the molecule is CCN(CC)S(=O)(=O)c1cccc(C(=O)NNC(=O)c2cnc3sccn3c2=O)c1. The minimum atomic E-state index is -3.74. The van der Waals surface area contributed by atoms with E-state index in [1.54, 1.807) is 19.2 Å². The van der Waals surface area contributed by atoms with Gasteiger partial charge in [0.15, 0.2) is 4.96 Å². The first-order valence-corrected chi connectivity index (χ1v) is 11.3. The number of carbonyl (C=O) groups excluding carboxylic acids is 2. The first kappa shape index (κ1) is 21.6. The molecule has 0 unspecified atom stereocenters. The van der Waals surface area contributed by atoms with Crippen molar-refractivity contribution in [2.75, 3.05) is 13.1 Å². The molecule has 158 valence electrons. The average Bonchev–Trinajstić information content (AvgIpc) is 3.22. The number of fused-ring (bicyclic) bond motifs is 1. The molecule has 0 saturated carbocycles. The molecular weight excluding hydrogens is 430 g/mol. The van der Waals surface area contributed by atoms with E-state index in [4.69, 9.17) is 0 Å². The van der Waals surface area contributed by atoms with E-state index in [1.807, 2.05) is 0 Å². The average molecular weight is 450 g/mol. The first-order valence-electron chi connectivity index (χ1n) is 8.95. The molecule has 12 heteroatoms. The fourth-order valence-corrected chi connectivity index (χ4v) is 4.92. The molecule has 2 amide bonds. The van der Waals surface area contributed by atoms with Crippen molar-refractivity contribution in [3.8, 4) is 0 Å². The fourth-order valence-electron chi connectivity index (χ4n) is 2.74. The lowest BCUT2D eigenvalue weighted by atomic mass is 10.2. The quantitative estimate of drug-likeness (QED) is 0.537. The first-order chi connectivity index (χ1) is 14.3. The van der Waals surface area contributed by atoms with Crippen molar-refractivity contribution in [2.45, 2.75) is 18.7 Å². The number of aromatic nitrogens is 2. The molecule has 30 heavy (non-hydrogen) atoms. The van der Waals surface area contributed by atoms with E-state index in [2.05, 4.69) is 15.8 Å². The Kier molecular flexibility index (Phi) is 6.29. The van der Waals surface area contributed by atoms with Crippen LogP contribution in [0.2, 0.25) is 0 Å². The topological polar surface area (TPSA) is 130 Å². The highest BCUT2D eigenvalue weighted by Crippen LogP contribution is 2.17. The van der Waals surface area contributed by atoms with Gasteiger partial charge in [0.25, 0.3) is 17.4 Å². The van der Waals surface area contributed by atoms with E-state index in [-0.39, 0.29) is 16.0 Å². The third kappa shape index (κ3) is 4.10. The van der Waals surface area contributed by atoms with Gasteiger partial charge in [0.1, 0.15) is 5.56 Å². The van der Waals surface area contributed by atoms with Crippen LogP contribution < -0.4 is 16.4 Å². The van der Waals surface area contributed by atoms with Gasteiger partial charge in [-0.25, -0.2) is 13.4 Å². The predicted octanol–water partition coefficient (Wildman–Crippen LogP) is 0.861. The zero-order valence-electron chi connectivity index (χ0n) is 16.2. The number of hydrogen-bond donors (Lipinski definition) is 2. The van der Waals surface area contributed by atoms with Gasteiger partial charge < -0.3 is 0 Å². The number of sulfonamides is 1. The van der Waals surface area contributed by atoms with E-state index in [9.17, 15) is 22.8 Å². The maximum Gasteiger partial charge on any atom is 0.276 e. The third-order valence-corrected chi connectivity index (χ3v) is 7.13. The Labute approximate surface area is 176 Å². The Balaban J connectivity index is 1.75. The highest BCUT2D eigenvalue weighted by atomic mass is 32.2. The van der Waals surface area contributed by atoms with Crippen LogP contribution in [0.25, 0.3) is 4.96 Å². The largest absolute Gasteiger partial charge is 0.276 e. The third-order valence-electron chi connectivity index (χ3n) is 4.32. The molecule has 0 radical (unpaired) electrons. The van der Waals surface area contributed by atoms with Gasteiger partial charge in [-0.1, -0.05) is 19.9 Å². The highest BCUT2D eigenvalue weighted by Gasteiger charge is 2.23. The van der Waals surface area contributed by atoms with Crippen molar-refractivity contribution in [2.24, 2.45) is 0 Å². The van der Waals surface area contributed by atoms with E-state index in [0.29, 0.717) is 18.1 Å². The van der Waals surface area contributed by atoms with Crippen LogP contribution >= 0.6 is 11.3 Å².